The number of hydrogen-bond acceptors (Lipinski definition) is 0. The van der Waals surface area contributed by atoms with E-state index in [0.717, 1.165) is 0 Å². The third-order valence-corrected chi connectivity index (χ3v) is 7.32. The van der Waals surface area contributed by atoms with E-state index in [1.54, 1.807) is 7.16 Å². The molecule has 2 aromatic rings. The first-order valence-corrected chi connectivity index (χ1v) is 23.8. The number of hydrogen-bond donors (Lipinski definition) is 0. The van der Waals surface area contributed by atoms with Crippen molar-refractivity contribution in [3.05, 3.63) is 60.7 Å². The predicted molar refractivity (Wildman–Crippen MR) is 103 cm³/mol. The predicted octanol–water partition coefficient (Wildman–Crippen LogP) is 3.81. The van der Waals surface area contributed by atoms with Gasteiger partial charge in [-0.05, 0) is 0 Å². The quantitative estimate of drug-likeness (QED) is 0.434. The molecule has 0 aliphatic carbocycles. The van der Waals surface area contributed by atoms with Crippen LogP contribution in [-0.4, -0.2) is 61.2 Å². The molecule has 0 saturated heterocycles. The zero-order chi connectivity index (χ0) is 14.3. The van der Waals surface area contributed by atoms with Crippen molar-refractivity contribution in [3.8, 4) is 0 Å². The number of rotatable bonds is 2. The summed E-state index contributed by atoms with van der Waals surface area (Å²) in [4.78, 5) is 6.88. The van der Waals surface area contributed by atoms with Crippen LogP contribution < -0.4 is 7.16 Å². The summed E-state index contributed by atoms with van der Waals surface area (Å²) in [5.74, 6) is 0. The van der Waals surface area contributed by atoms with E-state index in [1.165, 1.54) is 0 Å². The van der Waals surface area contributed by atoms with E-state index in [4.69, 9.17) is 0 Å². The maximum atomic E-state index is 3.32. The van der Waals surface area contributed by atoms with Gasteiger partial charge in [-0.2, -0.15) is 0 Å². The summed E-state index contributed by atoms with van der Waals surface area (Å²) in [5, 5.41) is 0. The maximum absolute atomic E-state index is 3.32. The average Bonchev–Trinajstić information content (AvgIpc) is 2.50. The summed E-state index contributed by atoms with van der Waals surface area (Å²) < 4.78 is 3.16. The summed E-state index contributed by atoms with van der Waals surface area (Å²) in [6.07, 6.45) is 0. The van der Waals surface area contributed by atoms with Gasteiger partial charge in [0.15, 0.2) is 0 Å². The van der Waals surface area contributed by atoms with Gasteiger partial charge < -0.3 is 0 Å². The molecule has 0 atom stereocenters. The first kappa shape index (κ1) is 23.6. The van der Waals surface area contributed by atoms with Crippen molar-refractivity contribution in [3.63, 3.8) is 0 Å². The van der Waals surface area contributed by atoms with Crippen LogP contribution in [0.5, 0.6) is 0 Å². The molecule has 20 heavy (non-hydrogen) atoms. The molecule has 106 valence electrons. The van der Waals surface area contributed by atoms with Gasteiger partial charge in [-0.25, -0.2) is 0 Å². The Morgan fingerprint density at radius 2 is 0.900 bits per heavy atom. The van der Waals surface area contributed by atoms with E-state index in [1.807, 2.05) is 0 Å². The molecule has 0 N–H and O–H groups in total. The van der Waals surface area contributed by atoms with Gasteiger partial charge in [-0.3, -0.25) is 0 Å². The molecule has 0 fully saturated rings. The summed E-state index contributed by atoms with van der Waals surface area (Å²) in [5.41, 5.74) is 0. The molecule has 2 aromatic carbocycles. The van der Waals surface area contributed by atoms with Crippen LogP contribution in [0.2, 0.25) is 14.8 Å². The van der Waals surface area contributed by atoms with Crippen LogP contribution in [0.4, 0.5) is 0 Å². The van der Waals surface area contributed by atoms with Gasteiger partial charge >= 0.3 is 157 Å². The van der Waals surface area contributed by atoms with Crippen molar-refractivity contribution in [1.29, 1.82) is 0 Å². The van der Waals surface area contributed by atoms with E-state index >= 15 is 0 Å². The van der Waals surface area contributed by atoms with E-state index in [2.05, 4.69) is 88.2 Å². The molecule has 0 unspecified atom stereocenters. The molecule has 0 bridgehead atoms. The molecule has 0 heterocycles. The van der Waals surface area contributed by atoms with Crippen LogP contribution in [0.1, 0.15) is 7.43 Å². The summed E-state index contributed by atoms with van der Waals surface area (Å²) >= 11 is 3.07. The molecule has 6 radical (unpaired) electrons. The topological polar surface area (TPSA) is 0 Å². The Morgan fingerprint density at radius 1 is 0.650 bits per heavy atom. The average molecular weight is 651 g/mol. The van der Waals surface area contributed by atoms with Crippen LogP contribution in [0.3, 0.4) is 0 Å². The molecule has 2 rings (SSSR count). The fraction of sp³-hybridized carbons (Fsp3) is 0.250. The van der Waals surface area contributed by atoms with Gasteiger partial charge in [0.25, 0.3) is 0 Å². The molecule has 0 saturated carbocycles. The fourth-order valence-corrected chi connectivity index (χ4v) is 4.21. The standard InChI is InChI=1S/2C6H5.CH4.3CH3.BrH.3Sn/c2*1-2-4-6-5-3-1;;;;;;;;/h2*1-5H;1H4;3*1H3;1H;;;/q;;;;;;;;;+1/p-1. The fourth-order valence-electron chi connectivity index (χ4n) is 1.21. The van der Waals surface area contributed by atoms with Gasteiger partial charge in [-0.15, -0.1) is 0 Å². The number of halogens is 1. The summed E-state index contributed by atoms with van der Waals surface area (Å²) in [6, 6.07) is 21.4. The summed E-state index contributed by atoms with van der Waals surface area (Å²) in [7, 11) is 0. The Morgan fingerprint density at radius 3 is 1.05 bits per heavy atom. The third-order valence-electron chi connectivity index (χ3n) is 2.12. The molecule has 0 nitrogen and oxygen atoms in total. The SMILES string of the molecule is C.[CH3][Sn][Br].[CH3][Sn][c]1ccccc1.[CH3][Sn][c]1ccccc1. The van der Waals surface area contributed by atoms with Crippen LogP contribution in [-0.2, 0) is 0 Å². The van der Waals surface area contributed by atoms with Crippen molar-refractivity contribution in [2.45, 2.75) is 22.2 Å². The molecule has 0 amide bonds. The third kappa shape index (κ3) is 14.3. The Labute approximate surface area is 161 Å². The monoisotopic (exact) mass is 654 g/mol. The van der Waals surface area contributed by atoms with Gasteiger partial charge in [0.05, 0.1) is 0 Å². The minimum absolute atomic E-state index is 0. The second kappa shape index (κ2) is 18.4. The van der Waals surface area contributed by atoms with Gasteiger partial charge in [0.2, 0.25) is 0 Å². The normalized spacial score (nSPS) is 8.20. The van der Waals surface area contributed by atoms with E-state index in [-0.39, 0.29) is 68.6 Å². The molecule has 0 aliphatic heterocycles. The van der Waals surface area contributed by atoms with Crippen molar-refractivity contribution < 1.29 is 0 Å². The Bertz CT molecular complexity index is 353. The molecule has 0 spiro atoms. The van der Waals surface area contributed by atoms with Gasteiger partial charge in [0.1, 0.15) is 0 Å². The minimum atomic E-state index is -0.144. The van der Waals surface area contributed by atoms with E-state index < -0.39 is 0 Å². The van der Waals surface area contributed by atoms with Crippen LogP contribution >= 0.6 is 12.7 Å². The zero-order valence-electron chi connectivity index (χ0n) is 11.7. The first-order valence-electron chi connectivity index (χ1n) is 6.01. The molecule has 0 aliphatic rings. The van der Waals surface area contributed by atoms with Gasteiger partial charge in [0, 0.05) is 0 Å². The van der Waals surface area contributed by atoms with Crippen molar-refractivity contribution in [2.24, 2.45) is 0 Å². The second-order valence-corrected chi connectivity index (χ2v) is 16.0. The van der Waals surface area contributed by atoms with E-state index in [0.29, 0.717) is 0 Å². The van der Waals surface area contributed by atoms with Crippen molar-refractivity contribution in [2.75, 3.05) is 0 Å². The van der Waals surface area contributed by atoms with E-state index in [9.17, 15) is 0 Å². The zero-order valence-corrected chi connectivity index (χ0v) is 21.8. The van der Waals surface area contributed by atoms with Gasteiger partial charge in [-0.1, -0.05) is 7.43 Å². The molecular weight excluding hydrogens is 628 g/mol. The number of benzene rings is 2. The Kier molecular flexibility index (Phi) is 21.7. The first-order chi connectivity index (χ1) is 9.28. The van der Waals surface area contributed by atoms with Crippen molar-refractivity contribution >= 4 is 81.1 Å². The molecule has 0 aromatic heterocycles. The van der Waals surface area contributed by atoms with Crippen molar-refractivity contribution in [1.82, 2.24) is 0 Å². The molecular formula is C16H23BrSn3. The van der Waals surface area contributed by atoms with Crippen LogP contribution in [0.15, 0.2) is 60.7 Å². The second-order valence-electron chi connectivity index (χ2n) is 3.42. The van der Waals surface area contributed by atoms with Crippen LogP contribution in [0, 0.1) is 0 Å². The Balaban J connectivity index is 0. The van der Waals surface area contributed by atoms with Crippen LogP contribution in [0.25, 0.3) is 0 Å². The Hall–Kier alpha value is 1.32. The molecule has 4 heteroatoms. The summed E-state index contributed by atoms with van der Waals surface area (Å²) in [6.45, 7) is 0.